The fourth-order valence-electron chi connectivity index (χ4n) is 3.16. The van der Waals surface area contributed by atoms with Gasteiger partial charge in [0.25, 0.3) is 0 Å². The molecule has 2 nitrogen and oxygen atoms in total. The van der Waals surface area contributed by atoms with E-state index < -0.39 is 0 Å². The summed E-state index contributed by atoms with van der Waals surface area (Å²) in [5.74, 6) is 0.815. The van der Waals surface area contributed by atoms with E-state index in [2.05, 4.69) is 5.32 Å². The van der Waals surface area contributed by atoms with Crippen LogP contribution in [-0.4, -0.2) is 25.5 Å². The zero-order valence-corrected chi connectivity index (χ0v) is 17.1. The van der Waals surface area contributed by atoms with Gasteiger partial charge in [-0.3, -0.25) is 0 Å². The Labute approximate surface area is 157 Å². The molecule has 3 heteroatoms. The highest BCUT2D eigenvalue weighted by molar-refractivity contribution is 6.17. The van der Waals surface area contributed by atoms with Crippen LogP contribution in [0.1, 0.15) is 109 Å². The van der Waals surface area contributed by atoms with Gasteiger partial charge in [0.2, 0.25) is 0 Å². The molecule has 0 aliphatic carbocycles. The number of nitrogens with two attached hydrogens (primary N) is 1. The van der Waals surface area contributed by atoms with Crippen LogP contribution in [0.25, 0.3) is 0 Å². The summed E-state index contributed by atoms with van der Waals surface area (Å²) in [6.07, 6.45) is 23.4. The summed E-state index contributed by atoms with van der Waals surface area (Å²) in [6, 6.07) is 0. The van der Waals surface area contributed by atoms with Crippen LogP contribution < -0.4 is 11.1 Å². The van der Waals surface area contributed by atoms with Crippen LogP contribution in [0.4, 0.5) is 0 Å². The molecule has 0 aliphatic heterocycles. The second kappa shape index (κ2) is 23.2. The van der Waals surface area contributed by atoms with E-state index >= 15 is 0 Å². The first-order valence-electron chi connectivity index (χ1n) is 10.9. The van der Waals surface area contributed by atoms with Crippen LogP contribution in [0.2, 0.25) is 0 Å². The fraction of sp³-hybridized carbons (Fsp3) is 1.00. The maximum absolute atomic E-state index is 5.66. The number of rotatable bonds is 21. The molecule has 0 aromatic carbocycles. The van der Waals surface area contributed by atoms with Crippen LogP contribution >= 0.6 is 11.6 Å². The van der Waals surface area contributed by atoms with Gasteiger partial charge in [-0.1, -0.05) is 83.5 Å². The van der Waals surface area contributed by atoms with E-state index in [9.17, 15) is 0 Å². The van der Waals surface area contributed by atoms with Gasteiger partial charge in [0, 0.05) is 5.88 Å². The summed E-state index contributed by atoms with van der Waals surface area (Å²) in [4.78, 5) is 0. The standard InChI is InChI=1S/C21H45ClN2/c22-18-14-13-17-21-24-20-16-12-10-8-6-4-2-1-3-5-7-9-11-15-19-23/h24H,1-21,23H2. The molecule has 0 aromatic heterocycles. The van der Waals surface area contributed by atoms with Crippen molar-refractivity contribution in [2.45, 2.75) is 109 Å². The molecule has 0 spiro atoms. The molecule has 0 heterocycles. The summed E-state index contributed by atoms with van der Waals surface area (Å²) in [5.41, 5.74) is 5.50. The number of hydrogen-bond donors (Lipinski definition) is 2. The Bertz CT molecular complexity index is 190. The lowest BCUT2D eigenvalue weighted by molar-refractivity contribution is 0.526. The SMILES string of the molecule is NCCCCCCCCCCCCCCCCNCCCCCCl. The van der Waals surface area contributed by atoms with Gasteiger partial charge in [0.15, 0.2) is 0 Å². The van der Waals surface area contributed by atoms with Gasteiger partial charge < -0.3 is 11.1 Å². The van der Waals surface area contributed by atoms with E-state index in [4.69, 9.17) is 17.3 Å². The molecule has 0 aromatic rings. The molecule has 0 atom stereocenters. The number of alkyl halides is 1. The summed E-state index contributed by atoms with van der Waals surface area (Å²) in [5, 5.41) is 3.54. The van der Waals surface area contributed by atoms with Crippen molar-refractivity contribution in [1.29, 1.82) is 0 Å². The highest BCUT2D eigenvalue weighted by Gasteiger charge is 1.94. The first kappa shape index (κ1) is 24.2. The molecular formula is C21H45ClN2. The monoisotopic (exact) mass is 360 g/mol. The molecule has 0 fully saturated rings. The van der Waals surface area contributed by atoms with Crippen LogP contribution in [0, 0.1) is 0 Å². The van der Waals surface area contributed by atoms with Crippen molar-refractivity contribution in [3.63, 3.8) is 0 Å². The molecular weight excluding hydrogens is 316 g/mol. The third kappa shape index (κ3) is 22.2. The molecule has 146 valence electrons. The summed E-state index contributed by atoms with van der Waals surface area (Å²) in [7, 11) is 0. The quantitative estimate of drug-likeness (QED) is 0.183. The second-order valence-electron chi connectivity index (χ2n) is 7.24. The lowest BCUT2D eigenvalue weighted by Crippen LogP contribution is -2.16. The van der Waals surface area contributed by atoms with Gasteiger partial charge in [-0.15, -0.1) is 11.6 Å². The Morgan fingerprint density at radius 1 is 0.458 bits per heavy atom. The minimum Gasteiger partial charge on any atom is -0.330 e. The van der Waals surface area contributed by atoms with Crippen LogP contribution in [0.3, 0.4) is 0 Å². The van der Waals surface area contributed by atoms with Crippen molar-refractivity contribution < 1.29 is 0 Å². The molecule has 0 rings (SSSR count). The molecule has 0 saturated heterocycles. The van der Waals surface area contributed by atoms with Gasteiger partial charge in [0.1, 0.15) is 0 Å². The molecule has 0 bridgehead atoms. The van der Waals surface area contributed by atoms with Crippen LogP contribution in [-0.2, 0) is 0 Å². The smallest absolute Gasteiger partial charge is 0.0223 e. The van der Waals surface area contributed by atoms with Crippen molar-refractivity contribution in [1.82, 2.24) is 5.32 Å². The predicted molar refractivity (Wildman–Crippen MR) is 111 cm³/mol. The second-order valence-corrected chi connectivity index (χ2v) is 7.62. The number of halogens is 1. The van der Waals surface area contributed by atoms with E-state index in [1.165, 1.54) is 116 Å². The van der Waals surface area contributed by atoms with Gasteiger partial charge in [-0.25, -0.2) is 0 Å². The molecule has 3 N–H and O–H groups in total. The average Bonchev–Trinajstić information content (AvgIpc) is 2.60. The summed E-state index contributed by atoms with van der Waals surface area (Å²) >= 11 is 5.66. The Balaban J connectivity index is 2.93. The van der Waals surface area contributed by atoms with Gasteiger partial charge in [-0.05, 0) is 45.3 Å². The number of nitrogens with one attached hydrogen (secondary N) is 1. The number of unbranched alkanes of at least 4 members (excludes halogenated alkanes) is 15. The Kier molecular flexibility index (Phi) is 23.4. The fourth-order valence-corrected chi connectivity index (χ4v) is 3.35. The Morgan fingerprint density at radius 3 is 1.17 bits per heavy atom. The molecule has 0 saturated carbocycles. The lowest BCUT2D eigenvalue weighted by atomic mass is 10.0. The van der Waals surface area contributed by atoms with Crippen molar-refractivity contribution in [3.05, 3.63) is 0 Å². The maximum Gasteiger partial charge on any atom is 0.0223 e. The average molecular weight is 361 g/mol. The lowest BCUT2D eigenvalue weighted by Gasteiger charge is -2.05. The molecule has 0 aliphatic rings. The van der Waals surface area contributed by atoms with Crippen molar-refractivity contribution in [3.8, 4) is 0 Å². The predicted octanol–water partition coefficient (Wildman–Crippen LogP) is 6.41. The van der Waals surface area contributed by atoms with Crippen LogP contribution in [0.15, 0.2) is 0 Å². The van der Waals surface area contributed by atoms with Gasteiger partial charge in [-0.2, -0.15) is 0 Å². The number of hydrogen-bond acceptors (Lipinski definition) is 2. The normalized spacial score (nSPS) is 11.2. The molecule has 0 unspecified atom stereocenters. The van der Waals surface area contributed by atoms with Crippen molar-refractivity contribution in [2.75, 3.05) is 25.5 Å². The van der Waals surface area contributed by atoms with E-state index in [0.29, 0.717) is 0 Å². The van der Waals surface area contributed by atoms with Crippen molar-refractivity contribution in [2.24, 2.45) is 5.73 Å². The van der Waals surface area contributed by atoms with E-state index in [1.54, 1.807) is 0 Å². The minimum absolute atomic E-state index is 0.815. The first-order chi connectivity index (χ1) is 11.9. The zero-order chi connectivity index (χ0) is 17.6. The molecule has 0 radical (unpaired) electrons. The molecule has 0 amide bonds. The minimum atomic E-state index is 0.815. The zero-order valence-electron chi connectivity index (χ0n) is 16.3. The topological polar surface area (TPSA) is 38.0 Å². The Hall–Kier alpha value is 0.210. The third-order valence-electron chi connectivity index (χ3n) is 4.79. The van der Waals surface area contributed by atoms with Crippen LogP contribution in [0.5, 0.6) is 0 Å². The van der Waals surface area contributed by atoms with Crippen molar-refractivity contribution >= 4 is 11.6 Å². The van der Waals surface area contributed by atoms with Gasteiger partial charge >= 0.3 is 0 Å². The van der Waals surface area contributed by atoms with E-state index in [0.717, 1.165) is 18.8 Å². The summed E-state index contributed by atoms with van der Waals surface area (Å²) < 4.78 is 0. The highest BCUT2D eigenvalue weighted by Crippen LogP contribution is 2.12. The van der Waals surface area contributed by atoms with E-state index in [1.807, 2.05) is 0 Å². The largest absolute Gasteiger partial charge is 0.330 e. The molecule has 24 heavy (non-hydrogen) atoms. The highest BCUT2D eigenvalue weighted by atomic mass is 35.5. The Morgan fingerprint density at radius 2 is 0.792 bits per heavy atom. The van der Waals surface area contributed by atoms with E-state index in [-0.39, 0.29) is 0 Å². The first-order valence-corrected chi connectivity index (χ1v) is 11.4. The third-order valence-corrected chi connectivity index (χ3v) is 5.06. The summed E-state index contributed by atoms with van der Waals surface area (Å²) in [6.45, 7) is 3.24. The van der Waals surface area contributed by atoms with Gasteiger partial charge in [0.05, 0.1) is 0 Å². The maximum atomic E-state index is 5.66.